The highest BCUT2D eigenvalue weighted by Gasteiger charge is 2.32. The van der Waals surface area contributed by atoms with E-state index in [0.717, 1.165) is 17.7 Å². The van der Waals surface area contributed by atoms with Crippen LogP contribution in [0, 0.1) is 17.8 Å². The van der Waals surface area contributed by atoms with Crippen LogP contribution in [0.5, 0.6) is 0 Å². The number of nitrogens with two attached hydrogens (primary N) is 2. The SMILES string of the molecule is CC1CCC(C(N)=O)CN1C(=O)c1ccc(C#CCN)s1. The molecule has 1 aromatic heterocycles. The lowest BCUT2D eigenvalue weighted by Gasteiger charge is -2.36. The molecule has 112 valence electrons. The molecule has 0 spiro atoms. The summed E-state index contributed by atoms with van der Waals surface area (Å²) in [5.41, 5.74) is 10.7. The van der Waals surface area contributed by atoms with Gasteiger partial charge in [-0.2, -0.15) is 0 Å². The predicted octanol–water partition coefficient (Wildman–Crippen LogP) is 0.784. The van der Waals surface area contributed by atoms with Crippen LogP contribution in [-0.4, -0.2) is 35.8 Å². The average molecular weight is 305 g/mol. The molecule has 2 atom stereocenters. The molecule has 1 aliphatic rings. The minimum Gasteiger partial charge on any atom is -0.369 e. The van der Waals surface area contributed by atoms with E-state index in [-0.39, 0.29) is 23.8 Å². The molecule has 1 aliphatic heterocycles. The van der Waals surface area contributed by atoms with Crippen molar-refractivity contribution in [2.75, 3.05) is 13.1 Å². The second kappa shape index (κ2) is 6.74. The summed E-state index contributed by atoms with van der Waals surface area (Å²) in [7, 11) is 0. The molecule has 2 rings (SSSR count). The summed E-state index contributed by atoms with van der Waals surface area (Å²) in [5, 5.41) is 0. The first-order valence-corrected chi connectivity index (χ1v) is 7.73. The molecule has 0 radical (unpaired) electrons. The summed E-state index contributed by atoms with van der Waals surface area (Å²) in [6.07, 6.45) is 1.54. The van der Waals surface area contributed by atoms with Crippen molar-refractivity contribution in [3.05, 3.63) is 21.9 Å². The van der Waals surface area contributed by atoms with Crippen molar-refractivity contribution in [3.8, 4) is 11.8 Å². The second-order valence-electron chi connectivity index (χ2n) is 5.15. The number of likely N-dealkylation sites (tertiary alicyclic amines) is 1. The number of rotatable bonds is 2. The van der Waals surface area contributed by atoms with Gasteiger partial charge >= 0.3 is 0 Å². The number of amides is 2. The average Bonchev–Trinajstić information content (AvgIpc) is 2.93. The van der Waals surface area contributed by atoms with Crippen molar-refractivity contribution in [1.29, 1.82) is 0 Å². The van der Waals surface area contributed by atoms with Gasteiger partial charge in [-0.3, -0.25) is 9.59 Å². The first kappa shape index (κ1) is 15.5. The summed E-state index contributed by atoms with van der Waals surface area (Å²) < 4.78 is 0. The van der Waals surface area contributed by atoms with Gasteiger partial charge in [0.05, 0.1) is 22.2 Å². The molecule has 2 heterocycles. The van der Waals surface area contributed by atoms with Gasteiger partial charge < -0.3 is 16.4 Å². The van der Waals surface area contributed by atoms with Gasteiger partial charge in [0.15, 0.2) is 0 Å². The fourth-order valence-corrected chi connectivity index (χ4v) is 3.26. The Labute approximate surface area is 128 Å². The van der Waals surface area contributed by atoms with Crippen LogP contribution in [0.25, 0.3) is 0 Å². The third-order valence-electron chi connectivity index (χ3n) is 3.68. The van der Waals surface area contributed by atoms with Crippen molar-refractivity contribution in [2.24, 2.45) is 17.4 Å². The van der Waals surface area contributed by atoms with Gasteiger partial charge in [-0.25, -0.2) is 0 Å². The minimum absolute atomic E-state index is 0.0563. The molecule has 1 aromatic rings. The normalized spacial score (nSPS) is 21.5. The van der Waals surface area contributed by atoms with Crippen LogP contribution in [0.2, 0.25) is 0 Å². The summed E-state index contributed by atoms with van der Waals surface area (Å²) in [5.74, 6) is 5.05. The number of piperidine rings is 1. The molecule has 1 saturated heterocycles. The van der Waals surface area contributed by atoms with Crippen molar-refractivity contribution in [1.82, 2.24) is 4.90 Å². The number of carbonyl (C=O) groups excluding carboxylic acids is 2. The Balaban J connectivity index is 2.14. The highest BCUT2D eigenvalue weighted by molar-refractivity contribution is 7.14. The molecule has 0 aromatic carbocycles. The molecule has 5 nitrogen and oxygen atoms in total. The topological polar surface area (TPSA) is 89.4 Å². The van der Waals surface area contributed by atoms with Crippen molar-refractivity contribution >= 4 is 23.2 Å². The zero-order valence-corrected chi connectivity index (χ0v) is 12.8. The molecule has 0 bridgehead atoms. The number of hydrogen-bond acceptors (Lipinski definition) is 4. The van der Waals surface area contributed by atoms with Crippen LogP contribution in [0.4, 0.5) is 0 Å². The van der Waals surface area contributed by atoms with E-state index in [1.807, 2.05) is 13.0 Å². The van der Waals surface area contributed by atoms with Crippen LogP contribution in [0.1, 0.15) is 34.3 Å². The Bertz CT molecular complexity index is 600. The smallest absolute Gasteiger partial charge is 0.264 e. The van der Waals surface area contributed by atoms with Crippen molar-refractivity contribution < 1.29 is 9.59 Å². The lowest BCUT2D eigenvalue weighted by Crippen LogP contribution is -2.48. The maximum atomic E-state index is 12.6. The third kappa shape index (κ3) is 3.63. The van der Waals surface area contributed by atoms with E-state index in [1.54, 1.807) is 11.0 Å². The Morgan fingerprint density at radius 1 is 1.43 bits per heavy atom. The zero-order valence-electron chi connectivity index (χ0n) is 12.0. The number of primary amides is 1. The van der Waals surface area contributed by atoms with E-state index in [2.05, 4.69) is 11.8 Å². The van der Waals surface area contributed by atoms with Gasteiger partial charge in [0.25, 0.3) is 5.91 Å². The minimum atomic E-state index is -0.333. The Hall–Kier alpha value is -1.84. The first-order chi connectivity index (χ1) is 10.0. The van der Waals surface area contributed by atoms with Gasteiger partial charge in [-0.15, -0.1) is 11.3 Å². The van der Waals surface area contributed by atoms with Crippen molar-refractivity contribution in [2.45, 2.75) is 25.8 Å². The summed E-state index contributed by atoms with van der Waals surface area (Å²) in [6, 6.07) is 3.71. The fraction of sp³-hybridized carbons (Fsp3) is 0.467. The zero-order chi connectivity index (χ0) is 15.4. The van der Waals surface area contributed by atoms with Crippen LogP contribution in [0.3, 0.4) is 0 Å². The molecule has 2 amide bonds. The quantitative estimate of drug-likeness (QED) is 0.791. The van der Waals surface area contributed by atoms with Gasteiger partial charge in [0.2, 0.25) is 5.91 Å². The molecule has 1 fully saturated rings. The molecule has 2 unspecified atom stereocenters. The lowest BCUT2D eigenvalue weighted by atomic mass is 9.93. The van der Waals surface area contributed by atoms with E-state index in [1.165, 1.54) is 11.3 Å². The monoisotopic (exact) mass is 305 g/mol. The molecule has 21 heavy (non-hydrogen) atoms. The van der Waals surface area contributed by atoms with Crippen LogP contribution < -0.4 is 11.5 Å². The number of hydrogen-bond donors (Lipinski definition) is 2. The Morgan fingerprint density at radius 3 is 2.86 bits per heavy atom. The van der Waals surface area contributed by atoms with E-state index in [9.17, 15) is 9.59 Å². The van der Waals surface area contributed by atoms with Gasteiger partial charge in [0.1, 0.15) is 0 Å². The van der Waals surface area contributed by atoms with Crippen LogP contribution >= 0.6 is 11.3 Å². The van der Waals surface area contributed by atoms with E-state index < -0.39 is 0 Å². The maximum Gasteiger partial charge on any atom is 0.264 e. The largest absolute Gasteiger partial charge is 0.369 e. The highest BCUT2D eigenvalue weighted by atomic mass is 32.1. The van der Waals surface area contributed by atoms with Crippen molar-refractivity contribution in [3.63, 3.8) is 0 Å². The van der Waals surface area contributed by atoms with E-state index in [4.69, 9.17) is 11.5 Å². The Morgan fingerprint density at radius 2 is 2.19 bits per heavy atom. The molecule has 0 saturated carbocycles. The maximum absolute atomic E-state index is 12.6. The van der Waals surface area contributed by atoms with Gasteiger partial charge in [-0.05, 0) is 31.9 Å². The third-order valence-corrected chi connectivity index (χ3v) is 4.66. The molecular weight excluding hydrogens is 286 g/mol. The summed E-state index contributed by atoms with van der Waals surface area (Å²) in [4.78, 5) is 27.1. The summed E-state index contributed by atoms with van der Waals surface area (Å²) in [6.45, 7) is 2.69. The molecular formula is C15H19N3O2S. The van der Waals surface area contributed by atoms with Gasteiger partial charge in [0, 0.05) is 12.6 Å². The number of carbonyl (C=O) groups is 2. The van der Waals surface area contributed by atoms with Crippen LogP contribution in [-0.2, 0) is 4.79 Å². The molecule has 6 heteroatoms. The Kier molecular flexibility index (Phi) is 4.99. The molecule has 0 aliphatic carbocycles. The molecule has 4 N–H and O–H groups in total. The first-order valence-electron chi connectivity index (χ1n) is 6.92. The fourth-order valence-electron chi connectivity index (χ4n) is 2.42. The lowest BCUT2D eigenvalue weighted by molar-refractivity contribution is -0.123. The second-order valence-corrected chi connectivity index (χ2v) is 6.24. The summed E-state index contributed by atoms with van der Waals surface area (Å²) >= 11 is 1.35. The number of nitrogens with zero attached hydrogens (tertiary/aromatic N) is 1. The standard InChI is InChI=1S/C15H19N3O2S/c1-10-4-5-11(14(17)19)9-18(10)15(20)13-7-6-12(21-13)3-2-8-16/h6-7,10-11H,4-5,8-9,16H2,1H3,(H2,17,19). The van der Waals surface area contributed by atoms with Gasteiger partial charge in [-0.1, -0.05) is 11.8 Å². The number of thiophene rings is 1. The predicted molar refractivity (Wildman–Crippen MR) is 82.7 cm³/mol. The highest BCUT2D eigenvalue weighted by Crippen LogP contribution is 2.25. The van der Waals surface area contributed by atoms with Crippen LogP contribution in [0.15, 0.2) is 12.1 Å². The van der Waals surface area contributed by atoms with E-state index >= 15 is 0 Å². The van der Waals surface area contributed by atoms with E-state index in [0.29, 0.717) is 18.0 Å².